The van der Waals surface area contributed by atoms with Crippen LogP contribution in [0.4, 0.5) is 0 Å². The Morgan fingerprint density at radius 3 is 2.67 bits per heavy atom. The van der Waals surface area contributed by atoms with E-state index in [0.29, 0.717) is 35.2 Å². The molecule has 0 aliphatic heterocycles. The minimum atomic E-state index is -0.412. The van der Waals surface area contributed by atoms with E-state index in [0.717, 1.165) is 12.0 Å². The summed E-state index contributed by atoms with van der Waals surface area (Å²) in [6, 6.07) is 8.88. The van der Waals surface area contributed by atoms with Crippen molar-refractivity contribution in [2.75, 3.05) is 13.7 Å². The van der Waals surface area contributed by atoms with Gasteiger partial charge in [0.1, 0.15) is 0 Å². The van der Waals surface area contributed by atoms with Crippen LogP contribution >= 0.6 is 28.1 Å². The number of furan rings is 1. The summed E-state index contributed by atoms with van der Waals surface area (Å²) in [5, 5.41) is 5.77. The number of hydrogen-bond donors (Lipinski definition) is 2. The van der Waals surface area contributed by atoms with Crippen LogP contribution < -0.4 is 20.1 Å². The number of hydrogen-bond acceptors (Lipinski definition) is 5. The van der Waals surface area contributed by atoms with Gasteiger partial charge in [0.25, 0.3) is 5.91 Å². The molecule has 146 valence electrons. The van der Waals surface area contributed by atoms with Crippen molar-refractivity contribution in [1.82, 2.24) is 10.6 Å². The third kappa shape index (κ3) is 6.88. The number of carbonyl (C=O) groups excluding carboxylic acids is 1. The summed E-state index contributed by atoms with van der Waals surface area (Å²) in [6.07, 6.45) is 0.979. The second-order valence-corrected chi connectivity index (χ2v) is 7.45. The maximum atomic E-state index is 12.0. The number of ether oxygens (including phenoxy) is 2. The first-order valence-electron chi connectivity index (χ1n) is 8.53. The van der Waals surface area contributed by atoms with Crippen molar-refractivity contribution in [3.8, 4) is 11.5 Å². The average molecular weight is 455 g/mol. The monoisotopic (exact) mass is 454 g/mol. The molecule has 0 aliphatic carbocycles. The molecule has 8 heteroatoms. The SMILES string of the molecule is COc1cc(CNC(=S)NC(=O)c2ccc(Br)o2)ccc1OCCC(C)C. The van der Waals surface area contributed by atoms with Crippen molar-refractivity contribution in [3.63, 3.8) is 0 Å². The topological polar surface area (TPSA) is 72.7 Å². The normalized spacial score (nSPS) is 10.6. The highest BCUT2D eigenvalue weighted by Gasteiger charge is 2.12. The van der Waals surface area contributed by atoms with Gasteiger partial charge in [0, 0.05) is 6.54 Å². The Kier molecular flexibility index (Phi) is 8.12. The van der Waals surface area contributed by atoms with Crippen LogP contribution in [0.1, 0.15) is 36.4 Å². The highest BCUT2D eigenvalue weighted by atomic mass is 79.9. The molecule has 1 amide bonds. The van der Waals surface area contributed by atoms with Gasteiger partial charge in [-0.25, -0.2) is 0 Å². The van der Waals surface area contributed by atoms with E-state index in [-0.39, 0.29) is 10.9 Å². The first-order chi connectivity index (χ1) is 12.9. The van der Waals surface area contributed by atoms with Gasteiger partial charge >= 0.3 is 0 Å². The largest absolute Gasteiger partial charge is 0.493 e. The van der Waals surface area contributed by atoms with Gasteiger partial charge < -0.3 is 19.2 Å². The van der Waals surface area contributed by atoms with E-state index in [1.807, 2.05) is 18.2 Å². The Labute approximate surface area is 172 Å². The lowest BCUT2D eigenvalue weighted by atomic mass is 10.1. The lowest BCUT2D eigenvalue weighted by Gasteiger charge is -2.14. The smallest absolute Gasteiger partial charge is 0.293 e. The predicted octanol–water partition coefficient (Wildman–Crippen LogP) is 4.28. The molecule has 6 nitrogen and oxygen atoms in total. The number of rotatable bonds is 8. The molecule has 0 spiro atoms. The zero-order chi connectivity index (χ0) is 19.8. The van der Waals surface area contributed by atoms with Gasteiger partial charge in [0.15, 0.2) is 27.0 Å². The molecule has 2 aromatic rings. The van der Waals surface area contributed by atoms with E-state index in [1.54, 1.807) is 19.2 Å². The minimum Gasteiger partial charge on any atom is -0.493 e. The van der Waals surface area contributed by atoms with Crippen LogP contribution in [-0.2, 0) is 6.54 Å². The highest BCUT2D eigenvalue weighted by Crippen LogP contribution is 2.28. The second kappa shape index (κ2) is 10.3. The van der Waals surface area contributed by atoms with Crippen molar-refractivity contribution in [3.05, 3.63) is 46.3 Å². The van der Waals surface area contributed by atoms with E-state index in [2.05, 4.69) is 40.4 Å². The number of benzene rings is 1. The zero-order valence-corrected chi connectivity index (χ0v) is 17.9. The number of halogens is 1. The summed E-state index contributed by atoms with van der Waals surface area (Å²) in [6.45, 7) is 5.39. The summed E-state index contributed by atoms with van der Waals surface area (Å²) < 4.78 is 16.9. The Hall–Kier alpha value is -2.06. The third-order valence-corrected chi connectivity index (χ3v) is 4.33. The molecular weight excluding hydrogens is 432 g/mol. The van der Waals surface area contributed by atoms with E-state index in [9.17, 15) is 4.79 Å². The van der Waals surface area contributed by atoms with E-state index in [1.165, 1.54) is 0 Å². The Morgan fingerprint density at radius 1 is 1.26 bits per heavy atom. The maximum absolute atomic E-state index is 12.0. The molecule has 0 fully saturated rings. The third-order valence-electron chi connectivity index (χ3n) is 3.66. The summed E-state index contributed by atoms with van der Waals surface area (Å²) >= 11 is 8.31. The van der Waals surface area contributed by atoms with Crippen LogP contribution in [0.3, 0.4) is 0 Å². The van der Waals surface area contributed by atoms with Gasteiger partial charge in [-0.3, -0.25) is 10.1 Å². The number of carbonyl (C=O) groups is 1. The van der Waals surface area contributed by atoms with Gasteiger partial charge in [-0.05, 0) is 70.3 Å². The highest BCUT2D eigenvalue weighted by molar-refractivity contribution is 9.10. The fraction of sp³-hybridized carbons (Fsp3) is 0.368. The Morgan fingerprint density at radius 2 is 2.04 bits per heavy atom. The van der Waals surface area contributed by atoms with Gasteiger partial charge in [0.05, 0.1) is 13.7 Å². The van der Waals surface area contributed by atoms with E-state index >= 15 is 0 Å². The summed E-state index contributed by atoms with van der Waals surface area (Å²) in [7, 11) is 1.61. The lowest BCUT2D eigenvalue weighted by molar-refractivity contribution is 0.0948. The Balaban J connectivity index is 1.87. The first-order valence-corrected chi connectivity index (χ1v) is 9.73. The predicted molar refractivity (Wildman–Crippen MR) is 111 cm³/mol. The molecule has 0 bridgehead atoms. The van der Waals surface area contributed by atoms with Gasteiger partial charge in [0.2, 0.25) is 0 Å². The maximum Gasteiger partial charge on any atom is 0.293 e. The lowest BCUT2D eigenvalue weighted by Crippen LogP contribution is -2.38. The fourth-order valence-electron chi connectivity index (χ4n) is 2.17. The summed E-state index contributed by atoms with van der Waals surface area (Å²) in [5.74, 6) is 1.72. The number of amides is 1. The van der Waals surface area contributed by atoms with E-state index in [4.69, 9.17) is 26.1 Å². The van der Waals surface area contributed by atoms with Crippen molar-refractivity contribution in [2.24, 2.45) is 5.92 Å². The van der Waals surface area contributed by atoms with Crippen LogP contribution in [0.2, 0.25) is 0 Å². The Bertz CT molecular complexity index is 792. The molecule has 27 heavy (non-hydrogen) atoms. The second-order valence-electron chi connectivity index (χ2n) is 6.26. The van der Waals surface area contributed by atoms with Gasteiger partial charge in [-0.2, -0.15) is 0 Å². The van der Waals surface area contributed by atoms with Crippen molar-refractivity contribution in [2.45, 2.75) is 26.8 Å². The summed E-state index contributed by atoms with van der Waals surface area (Å²) in [5.41, 5.74) is 0.945. The molecule has 0 aliphatic rings. The quantitative estimate of drug-likeness (QED) is 0.579. The van der Waals surface area contributed by atoms with Gasteiger partial charge in [-0.1, -0.05) is 19.9 Å². The zero-order valence-electron chi connectivity index (χ0n) is 15.5. The van der Waals surface area contributed by atoms with Crippen LogP contribution in [0.25, 0.3) is 0 Å². The van der Waals surface area contributed by atoms with Crippen molar-refractivity contribution >= 4 is 39.2 Å². The fourth-order valence-corrected chi connectivity index (χ4v) is 2.64. The number of thiocarbonyl (C=S) groups is 1. The number of methoxy groups -OCH3 is 1. The molecule has 0 saturated heterocycles. The van der Waals surface area contributed by atoms with Crippen LogP contribution in [-0.4, -0.2) is 24.7 Å². The molecule has 0 unspecified atom stereocenters. The van der Waals surface area contributed by atoms with Crippen molar-refractivity contribution < 1.29 is 18.7 Å². The molecule has 2 rings (SSSR count). The molecular formula is C19H23BrN2O4S. The summed E-state index contributed by atoms with van der Waals surface area (Å²) in [4.78, 5) is 12.0. The molecule has 1 aromatic carbocycles. The molecule has 0 radical (unpaired) electrons. The molecule has 2 N–H and O–H groups in total. The first kappa shape index (κ1) is 21.2. The minimum absolute atomic E-state index is 0.176. The van der Waals surface area contributed by atoms with Gasteiger partial charge in [-0.15, -0.1) is 0 Å². The average Bonchev–Trinajstić information content (AvgIpc) is 3.07. The molecule has 1 aromatic heterocycles. The molecule has 0 saturated carbocycles. The number of nitrogens with one attached hydrogen (secondary N) is 2. The van der Waals surface area contributed by atoms with Crippen LogP contribution in [0, 0.1) is 5.92 Å². The van der Waals surface area contributed by atoms with Crippen molar-refractivity contribution in [1.29, 1.82) is 0 Å². The van der Waals surface area contributed by atoms with E-state index < -0.39 is 5.91 Å². The molecule has 0 atom stereocenters. The van der Waals surface area contributed by atoms with Crippen LogP contribution in [0.5, 0.6) is 11.5 Å². The standard InChI is InChI=1S/C19H23BrN2O4S/c1-12(2)8-9-25-14-5-4-13(10-16(14)24-3)11-21-19(27)22-18(23)15-6-7-17(20)26-15/h4-7,10,12H,8-9,11H2,1-3H3,(H2,21,22,23,27). The van der Waals surface area contributed by atoms with Crippen LogP contribution in [0.15, 0.2) is 39.4 Å². The molecule has 1 heterocycles.